The molecule has 1 aliphatic heterocycles. The van der Waals surface area contributed by atoms with Gasteiger partial charge in [0.15, 0.2) is 17.1 Å². The van der Waals surface area contributed by atoms with Gasteiger partial charge in [-0.25, -0.2) is 26.9 Å². The number of nitrogens with one attached hydrogen (secondary N) is 1. The first-order valence-corrected chi connectivity index (χ1v) is 8.45. The molecule has 156 valence electrons. The maximum Gasteiger partial charge on any atom is 0.272 e. The van der Waals surface area contributed by atoms with Gasteiger partial charge in [0.25, 0.3) is 12.9 Å². The fraction of sp³-hybridized carbons (Fsp3) is 0.333. The van der Waals surface area contributed by atoms with Crippen molar-refractivity contribution in [3.8, 4) is 5.75 Å². The molecular weight excluding hydrogens is 399 g/mol. The molecule has 1 atom stereocenters. The lowest BCUT2D eigenvalue weighted by Crippen LogP contribution is -2.45. The second-order valence-corrected chi connectivity index (χ2v) is 6.19. The van der Waals surface area contributed by atoms with E-state index in [1.54, 1.807) is 0 Å². The molecule has 0 saturated heterocycles. The summed E-state index contributed by atoms with van der Waals surface area (Å²) in [6.07, 6.45) is -4.41. The van der Waals surface area contributed by atoms with Crippen LogP contribution >= 0.6 is 0 Å². The van der Waals surface area contributed by atoms with E-state index in [0.29, 0.717) is 0 Å². The van der Waals surface area contributed by atoms with Crippen LogP contribution in [0, 0.1) is 5.82 Å². The number of hydrogen-bond acceptors (Lipinski definition) is 6. The zero-order valence-electron chi connectivity index (χ0n) is 14.9. The van der Waals surface area contributed by atoms with Crippen molar-refractivity contribution in [1.29, 1.82) is 0 Å². The maximum absolute atomic E-state index is 14.5. The van der Waals surface area contributed by atoms with Crippen molar-refractivity contribution >= 4 is 17.3 Å². The molecule has 0 fully saturated rings. The summed E-state index contributed by atoms with van der Waals surface area (Å²) in [6.45, 7) is -1.54. The predicted octanol–water partition coefficient (Wildman–Crippen LogP) is 3.46. The second kappa shape index (κ2) is 8.60. The normalized spacial score (nSPS) is 19.3. The number of benzene rings is 1. The number of amidine groups is 1. The minimum Gasteiger partial charge on any atom is -0.484 e. The molecular formula is C18H17F5N4O2. The zero-order chi connectivity index (χ0) is 21.0. The largest absolute Gasteiger partial charge is 0.484 e. The number of nitrogens with zero attached hydrogens (tertiary/aromatic N) is 2. The molecule has 1 aliphatic rings. The van der Waals surface area contributed by atoms with Crippen LogP contribution in [-0.2, 0) is 10.3 Å². The number of rotatable bonds is 7. The van der Waals surface area contributed by atoms with Crippen LogP contribution in [-0.4, -0.2) is 43.5 Å². The Bertz CT molecular complexity index is 896. The van der Waals surface area contributed by atoms with E-state index in [4.69, 9.17) is 15.2 Å². The number of nitrogens with two attached hydrogens (primary N) is 1. The van der Waals surface area contributed by atoms with E-state index in [9.17, 15) is 22.0 Å². The Morgan fingerprint density at radius 2 is 2.03 bits per heavy atom. The number of halogens is 5. The molecule has 6 nitrogen and oxygen atoms in total. The summed E-state index contributed by atoms with van der Waals surface area (Å²) in [4.78, 5) is 7.77. The van der Waals surface area contributed by atoms with Crippen LogP contribution in [0.1, 0.15) is 5.56 Å². The smallest absolute Gasteiger partial charge is 0.272 e. The van der Waals surface area contributed by atoms with Crippen molar-refractivity contribution in [3.05, 3.63) is 47.9 Å². The summed E-state index contributed by atoms with van der Waals surface area (Å²) in [7, 11) is 0. The van der Waals surface area contributed by atoms with E-state index >= 15 is 0 Å². The summed E-state index contributed by atoms with van der Waals surface area (Å²) in [5, 5.41) is 2.76. The van der Waals surface area contributed by atoms with Gasteiger partial charge >= 0.3 is 0 Å². The summed E-state index contributed by atoms with van der Waals surface area (Å²) < 4.78 is 77.1. The van der Waals surface area contributed by atoms with Gasteiger partial charge in [-0.3, -0.25) is 4.99 Å². The van der Waals surface area contributed by atoms with Crippen molar-refractivity contribution in [2.45, 2.75) is 18.4 Å². The molecule has 0 bridgehead atoms. The topological polar surface area (TPSA) is 81.8 Å². The lowest BCUT2D eigenvalue weighted by molar-refractivity contribution is -0.0145. The third-order valence-corrected chi connectivity index (χ3v) is 4.11. The molecule has 3 rings (SSSR count). The fourth-order valence-corrected chi connectivity index (χ4v) is 2.82. The Balaban J connectivity index is 1.96. The van der Waals surface area contributed by atoms with Crippen LogP contribution in [0.2, 0.25) is 0 Å². The molecule has 0 aliphatic carbocycles. The lowest BCUT2D eigenvalue weighted by Gasteiger charge is -2.33. The molecule has 2 heterocycles. The number of pyridine rings is 1. The van der Waals surface area contributed by atoms with Crippen molar-refractivity contribution in [2.24, 2.45) is 10.7 Å². The first-order valence-electron chi connectivity index (χ1n) is 8.45. The van der Waals surface area contributed by atoms with E-state index in [0.717, 1.165) is 12.1 Å². The number of ether oxygens (including phenoxy) is 2. The third kappa shape index (κ3) is 4.56. The Hall–Kier alpha value is -2.95. The number of aliphatic imine (C=N–C) groups is 1. The van der Waals surface area contributed by atoms with Gasteiger partial charge in [-0.1, -0.05) is 0 Å². The Labute approximate surface area is 162 Å². The molecule has 1 aromatic carbocycles. The van der Waals surface area contributed by atoms with E-state index in [1.165, 1.54) is 24.4 Å². The number of alkyl halides is 4. The Morgan fingerprint density at radius 1 is 1.24 bits per heavy atom. The molecule has 0 radical (unpaired) electrons. The van der Waals surface area contributed by atoms with Gasteiger partial charge in [-0.15, -0.1) is 0 Å². The molecule has 3 N–H and O–H groups in total. The average molecular weight is 416 g/mol. The molecule has 2 aromatic rings. The highest BCUT2D eigenvalue weighted by Gasteiger charge is 2.46. The highest BCUT2D eigenvalue weighted by Crippen LogP contribution is 2.38. The highest BCUT2D eigenvalue weighted by atomic mass is 19.3. The Morgan fingerprint density at radius 3 is 2.72 bits per heavy atom. The quantitative estimate of drug-likeness (QED) is 0.676. The van der Waals surface area contributed by atoms with Gasteiger partial charge < -0.3 is 20.5 Å². The molecule has 1 unspecified atom stereocenters. The van der Waals surface area contributed by atoms with Gasteiger partial charge in [0.05, 0.1) is 6.61 Å². The van der Waals surface area contributed by atoms with E-state index in [1.807, 2.05) is 0 Å². The van der Waals surface area contributed by atoms with Gasteiger partial charge in [-0.05, 0) is 30.3 Å². The minimum atomic E-state index is -3.09. The van der Waals surface area contributed by atoms with Gasteiger partial charge in [0.2, 0.25) is 0 Å². The van der Waals surface area contributed by atoms with Crippen LogP contribution in [0.3, 0.4) is 0 Å². The molecule has 1 aromatic heterocycles. The van der Waals surface area contributed by atoms with E-state index in [2.05, 4.69) is 15.3 Å². The number of hydrogen-bond donors (Lipinski definition) is 2. The minimum absolute atomic E-state index is 0.0190. The van der Waals surface area contributed by atoms with E-state index < -0.39 is 43.0 Å². The van der Waals surface area contributed by atoms with Crippen molar-refractivity contribution in [1.82, 2.24) is 4.98 Å². The molecule has 29 heavy (non-hydrogen) atoms. The van der Waals surface area contributed by atoms with Crippen molar-refractivity contribution < 1.29 is 31.4 Å². The van der Waals surface area contributed by atoms with Crippen LogP contribution < -0.4 is 15.8 Å². The Kier molecular flexibility index (Phi) is 6.16. The lowest BCUT2D eigenvalue weighted by atomic mass is 9.90. The van der Waals surface area contributed by atoms with Crippen molar-refractivity contribution in [3.63, 3.8) is 0 Å². The maximum atomic E-state index is 14.5. The van der Waals surface area contributed by atoms with Crippen LogP contribution in [0.15, 0.2) is 41.5 Å². The molecule has 0 saturated carbocycles. The summed E-state index contributed by atoms with van der Waals surface area (Å²) in [5.74, 6) is -1.03. The standard InChI is InChI=1S/C18H17F5N4O2/c19-12-4-3-10(26-16-13(2-1-5-25-16)29-7-14(20)21)6-11(12)18(17(22)23)9-28-8-15(24)27-18/h1-6,14,17H,7-9H2,(H2,24,27)(H,25,26). The second-order valence-electron chi connectivity index (χ2n) is 6.19. The average Bonchev–Trinajstić information content (AvgIpc) is 2.68. The summed E-state index contributed by atoms with van der Waals surface area (Å²) in [5.41, 5.74) is 2.98. The molecule has 0 spiro atoms. The first-order chi connectivity index (χ1) is 13.8. The summed E-state index contributed by atoms with van der Waals surface area (Å²) >= 11 is 0. The SMILES string of the molecule is NC1=NC(c2cc(Nc3ncccc3OCC(F)F)ccc2F)(C(F)F)COC1. The van der Waals surface area contributed by atoms with Gasteiger partial charge in [-0.2, -0.15) is 0 Å². The first kappa shape index (κ1) is 20.8. The van der Waals surface area contributed by atoms with Crippen LogP contribution in [0.25, 0.3) is 0 Å². The third-order valence-electron chi connectivity index (χ3n) is 4.11. The fourth-order valence-electron chi connectivity index (χ4n) is 2.82. The molecule has 0 amide bonds. The zero-order valence-corrected chi connectivity index (χ0v) is 14.9. The predicted molar refractivity (Wildman–Crippen MR) is 95.5 cm³/mol. The molecule has 11 heteroatoms. The van der Waals surface area contributed by atoms with E-state index in [-0.39, 0.29) is 29.7 Å². The number of aromatic nitrogens is 1. The summed E-state index contributed by atoms with van der Waals surface area (Å²) in [6, 6.07) is 6.26. The van der Waals surface area contributed by atoms with Crippen LogP contribution in [0.5, 0.6) is 5.75 Å². The highest BCUT2D eigenvalue weighted by molar-refractivity contribution is 5.82. The van der Waals surface area contributed by atoms with Gasteiger partial charge in [0, 0.05) is 17.4 Å². The van der Waals surface area contributed by atoms with Crippen LogP contribution in [0.4, 0.5) is 33.5 Å². The number of anilines is 2. The van der Waals surface area contributed by atoms with Gasteiger partial charge in [0.1, 0.15) is 24.9 Å². The van der Waals surface area contributed by atoms with Crippen molar-refractivity contribution in [2.75, 3.05) is 25.1 Å². The monoisotopic (exact) mass is 416 g/mol.